The maximum Gasteiger partial charge on any atom is 0.0593 e. The van der Waals surface area contributed by atoms with E-state index in [1.807, 2.05) is 36.5 Å². The molecule has 0 bridgehead atoms. The van der Waals surface area contributed by atoms with Crippen molar-refractivity contribution in [1.29, 1.82) is 0 Å². The molecule has 0 aliphatic heterocycles. The topological polar surface area (TPSA) is 24.7 Å². The highest BCUT2D eigenvalue weighted by Gasteiger charge is 2.07. The zero-order valence-corrected chi connectivity index (χ0v) is 11.6. The van der Waals surface area contributed by atoms with Gasteiger partial charge < -0.3 is 0 Å². The molecule has 0 radical (unpaired) electrons. The molecule has 18 heavy (non-hydrogen) atoms. The first-order chi connectivity index (χ1) is 8.85. The molecule has 0 spiro atoms. The van der Waals surface area contributed by atoms with Crippen LogP contribution < -0.4 is 0 Å². The summed E-state index contributed by atoms with van der Waals surface area (Å²) in [6.07, 6.45) is 18.0. The second-order valence-electron chi connectivity index (χ2n) is 3.94. The average Bonchev–Trinajstić information content (AvgIpc) is 2.45. The predicted molar refractivity (Wildman–Crippen MR) is 85.7 cm³/mol. The minimum atomic E-state index is 0.826. The molecule has 2 nitrogen and oxygen atoms in total. The van der Waals surface area contributed by atoms with E-state index < -0.39 is 0 Å². The third kappa shape index (κ3) is 3.15. The van der Waals surface area contributed by atoms with Crippen molar-refractivity contribution >= 4 is 37.1 Å². The lowest BCUT2D eigenvalue weighted by atomic mass is 9.98. The zero-order chi connectivity index (χ0) is 12.8. The van der Waals surface area contributed by atoms with Gasteiger partial charge >= 0.3 is 0 Å². The van der Waals surface area contributed by atoms with E-state index in [2.05, 4.69) is 46.6 Å². The fourth-order valence-corrected chi connectivity index (χ4v) is 2.21. The molecule has 0 unspecified atom stereocenters. The number of rotatable bonds is 2. The largest absolute Gasteiger partial charge is 0.223 e. The summed E-state index contributed by atoms with van der Waals surface area (Å²) in [6.45, 7) is 0. The van der Waals surface area contributed by atoms with Crippen LogP contribution in [-0.2, 0) is 0 Å². The monoisotopic (exact) mass is 274 g/mol. The van der Waals surface area contributed by atoms with Gasteiger partial charge in [-0.15, -0.1) is 0 Å². The molecule has 0 amide bonds. The Labute approximate surface area is 118 Å². The second kappa shape index (κ2) is 6.61. The van der Waals surface area contributed by atoms with Crippen molar-refractivity contribution in [2.45, 2.75) is 12.8 Å². The first-order valence-electron chi connectivity index (χ1n) is 5.69. The molecule has 0 aromatic carbocycles. The molecular weight excluding hydrogens is 260 g/mol. The molecule has 0 saturated heterocycles. The van der Waals surface area contributed by atoms with E-state index in [4.69, 9.17) is 0 Å². The lowest BCUT2D eigenvalue weighted by Crippen LogP contribution is -2.04. The van der Waals surface area contributed by atoms with Crippen molar-refractivity contribution < 1.29 is 0 Å². The Bertz CT molecular complexity index is 484. The molecule has 0 saturated carbocycles. The van der Waals surface area contributed by atoms with E-state index in [1.54, 1.807) is 0 Å². The van der Waals surface area contributed by atoms with Crippen molar-refractivity contribution in [1.82, 2.24) is 0 Å². The smallest absolute Gasteiger partial charge is 0.0593 e. The minimum Gasteiger partial charge on any atom is -0.223 e. The number of allylic oxidation sites excluding steroid dienone is 10. The van der Waals surface area contributed by atoms with Crippen molar-refractivity contribution in [3.63, 3.8) is 0 Å². The van der Waals surface area contributed by atoms with Crippen LogP contribution in [0.5, 0.6) is 0 Å². The van der Waals surface area contributed by atoms with Gasteiger partial charge in [0, 0.05) is 12.8 Å². The summed E-state index contributed by atoms with van der Waals surface area (Å²) in [6, 6.07) is 0. The maximum atomic E-state index is 4.00. The molecule has 0 heterocycles. The van der Waals surface area contributed by atoms with E-state index >= 15 is 0 Å². The molecule has 92 valence electrons. The lowest BCUT2D eigenvalue weighted by Gasteiger charge is -2.09. The van der Waals surface area contributed by atoms with Crippen LogP contribution in [0.15, 0.2) is 68.5 Å². The highest BCUT2D eigenvalue weighted by molar-refractivity contribution is 7.79. The fraction of sp³-hybridized carbons (Fsp3) is 0.143. The first kappa shape index (κ1) is 13.2. The van der Waals surface area contributed by atoms with Gasteiger partial charge in [0.25, 0.3) is 0 Å². The average molecular weight is 274 g/mol. The Balaban J connectivity index is 2.20. The Morgan fingerprint density at radius 1 is 0.833 bits per heavy atom. The molecule has 2 aliphatic rings. The molecule has 2 aliphatic carbocycles. The van der Waals surface area contributed by atoms with E-state index in [1.165, 1.54) is 0 Å². The van der Waals surface area contributed by atoms with Crippen LogP contribution in [-0.4, -0.2) is 11.4 Å². The van der Waals surface area contributed by atoms with Crippen LogP contribution in [0.3, 0.4) is 0 Å². The van der Waals surface area contributed by atoms with Gasteiger partial charge in [0.15, 0.2) is 0 Å². The fourth-order valence-electron chi connectivity index (χ4n) is 1.81. The van der Waals surface area contributed by atoms with Gasteiger partial charge in [-0.05, 0) is 36.8 Å². The van der Waals surface area contributed by atoms with Crippen LogP contribution in [0.4, 0.5) is 0 Å². The van der Waals surface area contributed by atoms with E-state index in [9.17, 15) is 0 Å². The van der Waals surface area contributed by atoms with Gasteiger partial charge in [-0.1, -0.05) is 48.6 Å². The summed E-state index contributed by atoms with van der Waals surface area (Å²) in [5, 5.41) is 0. The molecule has 0 N–H and O–H groups in total. The summed E-state index contributed by atoms with van der Waals surface area (Å²) >= 11 is 7.99. The number of hydrogen-bond acceptors (Lipinski definition) is 4. The third-order valence-electron chi connectivity index (χ3n) is 2.80. The Kier molecular flexibility index (Phi) is 4.84. The highest BCUT2D eigenvalue weighted by Crippen LogP contribution is 2.16. The van der Waals surface area contributed by atoms with Crippen LogP contribution >= 0.6 is 25.6 Å². The SMILES string of the molecule is SN=C1CC=CC=C1C=CC1=CC=CCC1=NS. The standard InChI is InChI=1S/C14H14N2S2/c17-15-13-7-3-1-5-11(13)9-10-12-6-2-4-8-14(12)16-18/h1-6,9-10,17-18H,7-8H2. The summed E-state index contributed by atoms with van der Waals surface area (Å²) in [5.74, 6) is 0. The third-order valence-corrected chi connectivity index (χ3v) is 3.28. The molecule has 2 rings (SSSR count). The number of thiol groups is 2. The Hall–Kier alpha value is -1.26. The summed E-state index contributed by atoms with van der Waals surface area (Å²) in [7, 11) is 0. The van der Waals surface area contributed by atoms with Crippen molar-refractivity contribution in [3.05, 3.63) is 59.8 Å². The van der Waals surface area contributed by atoms with Crippen molar-refractivity contribution in [2.75, 3.05) is 0 Å². The lowest BCUT2D eigenvalue weighted by molar-refractivity contribution is 1.40. The molecule has 0 aromatic rings. The van der Waals surface area contributed by atoms with Crippen LogP contribution in [0.1, 0.15) is 12.8 Å². The number of nitrogens with zero attached hydrogens (tertiary/aromatic N) is 2. The first-order valence-corrected chi connectivity index (χ1v) is 6.49. The molecular formula is C14H14N2S2. The van der Waals surface area contributed by atoms with Crippen LogP contribution in [0.2, 0.25) is 0 Å². The maximum absolute atomic E-state index is 4.00. The number of hydrogen-bond donors (Lipinski definition) is 2. The Morgan fingerprint density at radius 2 is 1.28 bits per heavy atom. The van der Waals surface area contributed by atoms with Gasteiger partial charge in [0.2, 0.25) is 0 Å². The van der Waals surface area contributed by atoms with Crippen molar-refractivity contribution in [3.8, 4) is 0 Å². The van der Waals surface area contributed by atoms with Gasteiger partial charge in [0.05, 0.1) is 11.4 Å². The summed E-state index contributed by atoms with van der Waals surface area (Å²) < 4.78 is 7.99. The van der Waals surface area contributed by atoms with Crippen LogP contribution in [0, 0.1) is 0 Å². The highest BCUT2D eigenvalue weighted by atomic mass is 32.1. The zero-order valence-electron chi connectivity index (χ0n) is 9.82. The van der Waals surface area contributed by atoms with E-state index in [0.29, 0.717) is 0 Å². The quantitative estimate of drug-likeness (QED) is 0.714. The van der Waals surface area contributed by atoms with E-state index in [-0.39, 0.29) is 0 Å². The van der Waals surface area contributed by atoms with Gasteiger partial charge in [0.1, 0.15) is 0 Å². The predicted octanol–water partition coefficient (Wildman–Crippen LogP) is 3.89. The molecule has 0 atom stereocenters. The second-order valence-corrected chi connectivity index (χ2v) is 4.34. The molecule has 4 heteroatoms. The van der Waals surface area contributed by atoms with Crippen LogP contribution in [0.25, 0.3) is 0 Å². The minimum absolute atomic E-state index is 0.826. The normalized spacial score (nSPS) is 23.9. The van der Waals surface area contributed by atoms with Gasteiger partial charge in [-0.3, -0.25) is 0 Å². The summed E-state index contributed by atoms with van der Waals surface area (Å²) in [4.78, 5) is 0. The Morgan fingerprint density at radius 3 is 1.67 bits per heavy atom. The molecule has 0 fully saturated rings. The summed E-state index contributed by atoms with van der Waals surface area (Å²) in [5.41, 5.74) is 4.13. The van der Waals surface area contributed by atoms with E-state index in [0.717, 1.165) is 35.4 Å². The molecule has 0 aromatic heterocycles. The van der Waals surface area contributed by atoms with Gasteiger partial charge in [-0.25, -0.2) is 8.80 Å². The van der Waals surface area contributed by atoms with Gasteiger partial charge in [-0.2, -0.15) is 0 Å². The van der Waals surface area contributed by atoms with Crippen molar-refractivity contribution in [2.24, 2.45) is 8.80 Å².